The van der Waals surface area contributed by atoms with Crippen LogP contribution in [0.5, 0.6) is 0 Å². The molecule has 558 valence electrons. The van der Waals surface area contributed by atoms with Crippen molar-refractivity contribution < 1.29 is 80.2 Å². The molecular weight excluding hydrogens is 1230 g/mol. The highest BCUT2D eigenvalue weighted by Crippen LogP contribution is 2.45. The fourth-order valence-corrected chi connectivity index (χ4v) is 13.1. The Bertz CT molecular complexity index is 1820. The van der Waals surface area contributed by atoms with E-state index < -0.39 is 97.5 Å². The van der Waals surface area contributed by atoms with Crippen molar-refractivity contribution in [3.05, 3.63) is 0 Å². The number of hydrogen-bond donors (Lipinski definition) is 3. The van der Waals surface area contributed by atoms with Gasteiger partial charge in [-0.15, -0.1) is 0 Å². The van der Waals surface area contributed by atoms with Gasteiger partial charge < -0.3 is 33.8 Å². The molecule has 5 atom stereocenters. The fourth-order valence-electron chi connectivity index (χ4n) is 11.5. The Morgan fingerprint density at radius 1 is 0.287 bits per heavy atom. The second-order valence-electron chi connectivity index (χ2n) is 28.0. The van der Waals surface area contributed by atoms with Crippen LogP contribution in [0.15, 0.2) is 0 Å². The third-order valence-corrected chi connectivity index (χ3v) is 19.4. The lowest BCUT2D eigenvalue weighted by molar-refractivity contribution is -0.161. The molecular formula is C75H146O17P2. The van der Waals surface area contributed by atoms with Gasteiger partial charge in [0, 0.05) is 25.7 Å². The Hall–Kier alpha value is -1.94. The molecule has 0 saturated heterocycles. The largest absolute Gasteiger partial charge is 0.472 e. The fraction of sp³-hybridized carbons (Fsp3) is 0.947. The third kappa shape index (κ3) is 68.6. The molecule has 0 saturated carbocycles. The van der Waals surface area contributed by atoms with Gasteiger partial charge in [0.25, 0.3) is 0 Å². The highest BCUT2D eigenvalue weighted by atomic mass is 31.2. The average Bonchev–Trinajstić information content (AvgIpc) is 1.65. The van der Waals surface area contributed by atoms with Gasteiger partial charge >= 0.3 is 39.5 Å². The molecule has 0 aliphatic heterocycles. The van der Waals surface area contributed by atoms with Crippen LogP contribution in [0.4, 0.5) is 0 Å². The van der Waals surface area contributed by atoms with Gasteiger partial charge in [0.15, 0.2) is 12.2 Å². The lowest BCUT2D eigenvalue weighted by Crippen LogP contribution is -2.30. The van der Waals surface area contributed by atoms with E-state index in [1.54, 1.807) is 0 Å². The zero-order chi connectivity index (χ0) is 69.3. The summed E-state index contributed by atoms with van der Waals surface area (Å²) < 4.78 is 68.5. The van der Waals surface area contributed by atoms with E-state index in [0.717, 1.165) is 102 Å². The van der Waals surface area contributed by atoms with Crippen LogP contribution >= 0.6 is 15.6 Å². The van der Waals surface area contributed by atoms with E-state index in [9.17, 15) is 43.2 Å². The first-order valence-corrected chi connectivity index (χ1v) is 42.0. The first kappa shape index (κ1) is 92.1. The number of carbonyl (C=O) groups excluding carboxylic acids is 4. The van der Waals surface area contributed by atoms with E-state index in [-0.39, 0.29) is 25.7 Å². The van der Waals surface area contributed by atoms with Crippen LogP contribution in [-0.4, -0.2) is 96.7 Å². The molecule has 3 N–H and O–H groups in total. The predicted octanol–water partition coefficient (Wildman–Crippen LogP) is 21.9. The van der Waals surface area contributed by atoms with Gasteiger partial charge in [0.1, 0.15) is 19.3 Å². The van der Waals surface area contributed by atoms with Gasteiger partial charge in [-0.2, -0.15) is 0 Å². The number of phosphoric ester groups is 2. The monoisotopic (exact) mass is 1380 g/mol. The number of hydrogen-bond acceptors (Lipinski definition) is 15. The van der Waals surface area contributed by atoms with Crippen molar-refractivity contribution in [1.82, 2.24) is 0 Å². The van der Waals surface area contributed by atoms with Crippen LogP contribution in [0.25, 0.3) is 0 Å². The lowest BCUT2D eigenvalue weighted by atomic mass is 10.0. The van der Waals surface area contributed by atoms with Gasteiger partial charge in [-0.3, -0.25) is 37.3 Å². The highest BCUT2D eigenvalue weighted by Gasteiger charge is 2.30. The molecule has 0 aromatic heterocycles. The summed E-state index contributed by atoms with van der Waals surface area (Å²) in [5.41, 5.74) is 0. The zero-order valence-corrected chi connectivity index (χ0v) is 63.1. The van der Waals surface area contributed by atoms with Gasteiger partial charge in [-0.05, 0) is 37.5 Å². The average molecular weight is 1380 g/mol. The van der Waals surface area contributed by atoms with Crippen molar-refractivity contribution >= 4 is 39.5 Å². The molecule has 0 fully saturated rings. The number of rotatable bonds is 74. The van der Waals surface area contributed by atoms with E-state index in [1.165, 1.54) is 205 Å². The Labute approximate surface area is 575 Å². The minimum Gasteiger partial charge on any atom is -0.462 e. The number of aliphatic hydroxyl groups is 1. The van der Waals surface area contributed by atoms with Gasteiger partial charge in [-0.1, -0.05) is 337 Å². The maximum Gasteiger partial charge on any atom is 0.472 e. The number of aliphatic hydroxyl groups excluding tert-OH is 1. The molecule has 0 rings (SSSR count). The summed E-state index contributed by atoms with van der Waals surface area (Å²) in [4.78, 5) is 72.7. The minimum atomic E-state index is -4.96. The van der Waals surface area contributed by atoms with Crippen molar-refractivity contribution in [2.45, 2.75) is 407 Å². The number of unbranched alkanes of at least 4 members (excludes halogenated alkanes) is 44. The Balaban J connectivity index is 5.23. The van der Waals surface area contributed by atoms with Crippen LogP contribution in [-0.2, 0) is 65.4 Å². The molecule has 94 heavy (non-hydrogen) atoms. The topological polar surface area (TPSA) is 237 Å². The maximum atomic E-state index is 13.1. The summed E-state index contributed by atoms with van der Waals surface area (Å²) in [6, 6.07) is 0. The Morgan fingerprint density at radius 3 is 0.723 bits per heavy atom. The number of phosphoric acid groups is 2. The van der Waals surface area contributed by atoms with E-state index >= 15 is 0 Å². The maximum absolute atomic E-state index is 13.1. The molecule has 0 radical (unpaired) electrons. The molecule has 0 bridgehead atoms. The normalized spacial score (nSPS) is 14.0. The Kier molecular flexibility index (Phi) is 65.5. The molecule has 0 aliphatic rings. The summed E-state index contributed by atoms with van der Waals surface area (Å²) in [7, 11) is -9.91. The second-order valence-corrected chi connectivity index (χ2v) is 30.9. The summed E-state index contributed by atoms with van der Waals surface area (Å²) in [5.74, 6) is -0.539. The van der Waals surface area contributed by atoms with E-state index in [1.807, 2.05) is 0 Å². The first-order valence-electron chi connectivity index (χ1n) is 39.0. The van der Waals surface area contributed by atoms with Crippen molar-refractivity contribution in [2.75, 3.05) is 39.6 Å². The molecule has 0 spiro atoms. The molecule has 0 aromatic carbocycles. The van der Waals surface area contributed by atoms with Crippen molar-refractivity contribution in [1.29, 1.82) is 0 Å². The van der Waals surface area contributed by atoms with E-state index in [0.29, 0.717) is 25.7 Å². The van der Waals surface area contributed by atoms with Crippen LogP contribution < -0.4 is 0 Å². The second kappa shape index (κ2) is 66.9. The summed E-state index contributed by atoms with van der Waals surface area (Å²) in [5, 5.41) is 10.6. The van der Waals surface area contributed by atoms with Gasteiger partial charge in [0.2, 0.25) is 0 Å². The quantitative estimate of drug-likeness (QED) is 0.0222. The Morgan fingerprint density at radius 2 is 0.489 bits per heavy atom. The SMILES string of the molecule is CCCCCCCCCCCCCCCC(=O)O[C@H](COC(=O)CCCCCCCCCCC)COP(=O)(O)OC[C@H](O)COP(=O)(O)OC[C@@H](COC(=O)CCCCCCCCCCCCCCC(C)C)OC(=O)CCCCCCCCCCCCCCCCC(C)C. The van der Waals surface area contributed by atoms with Gasteiger partial charge in [-0.25, -0.2) is 9.13 Å². The summed E-state index contributed by atoms with van der Waals surface area (Å²) in [6.07, 6.45) is 54.0. The van der Waals surface area contributed by atoms with E-state index in [4.69, 9.17) is 37.0 Å². The number of esters is 4. The molecule has 17 nitrogen and oxygen atoms in total. The summed E-state index contributed by atoms with van der Waals surface area (Å²) >= 11 is 0. The first-order chi connectivity index (χ1) is 45.4. The molecule has 2 unspecified atom stereocenters. The molecule has 0 aliphatic carbocycles. The molecule has 0 heterocycles. The van der Waals surface area contributed by atoms with Gasteiger partial charge in [0.05, 0.1) is 26.4 Å². The molecule has 0 amide bonds. The highest BCUT2D eigenvalue weighted by molar-refractivity contribution is 7.47. The van der Waals surface area contributed by atoms with Crippen molar-refractivity contribution in [3.63, 3.8) is 0 Å². The standard InChI is InChI=1S/C75H146O17P2/c1-7-9-11-13-15-17-18-21-29-35-41-47-53-59-74(79)91-70(63-85-72(77)57-51-45-39-31-16-14-12-10-8-2)65-89-93(81,82)87-61-69(76)62-88-94(83,84)90-66-71(64-86-73(78)58-52-46-40-34-28-25-24-27-33-38-44-50-56-68(5)6)92-75(80)60-54-48-42-36-30-23-20-19-22-26-32-37-43-49-55-67(3)4/h67-71,76H,7-66H2,1-6H3,(H,81,82)(H,83,84)/t69-,70+,71+/m0/s1. The third-order valence-electron chi connectivity index (χ3n) is 17.5. The van der Waals surface area contributed by atoms with Crippen molar-refractivity contribution in [3.8, 4) is 0 Å². The molecule has 0 aromatic rings. The van der Waals surface area contributed by atoms with Crippen LogP contribution in [0.1, 0.15) is 388 Å². The lowest BCUT2D eigenvalue weighted by Gasteiger charge is -2.21. The number of ether oxygens (including phenoxy) is 4. The zero-order valence-electron chi connectivity index (χ0n) is 61.3. The van der Waals surface area contributed by atoms with Crippen LogP contribution in [0.3, 0.4) is 0 Å². The predicted molar refractivity (Wildman–Crippen MR) is 381 cm³/mol. The summed E-state index contributed by atoms with van der Waals surface area (Å²) in [6.45, 7) is 9.61. The molecule has 19 heteroatoms. The minimum absolute atomic E-state index is 0.108. The van der Waals surface area contributed by atoms with Crippen LogP contribution in [0, 0.1) is 11.8 Å². The van der Waals surface area contributed by atoms with Crippen molar-refractivity contribution in [2.24, 2.45) is 11.8 Å². The van der Waals surface area contributed by atoms with Crippen LogP contribution in [0.2, 0.25) is 0 Å². The smallest absolute Gasteiger partial charge is 0.462 e. The van der Waals surface area contributed by atoms with E-state index in [2.05, 4.69) is 41.5 Å². The number of carbonyl (C=O) groups is 4.